The zero-order valence-corrected chi connectivity index (χ0v) is 26.4. The third-order valence-electron chi connectivity index (χ3n) is 7.19. The van der Waals surface area contributed by atoms with Crippen molar-refractivity contribution in [3.05, 3.63) is 126 Å². The highest BCUT2D eigenvalue weighted by molar-refractivity contribution is 7.92. The van der Waals surface area contributed by atoms with E-state index in [1.165, 1.54) is 48.4 Å². The molecular formula is C35H38FN3O5S. The molecule has 0 fully saturated rings. The molecule has 1 N–H and O–H groups in total. The van der Waals surface area contributed by atoms with Gasteiger partial charge < -0.3 is 15.0 Å². The van der Waals surface area contributed by atoms with Crippen molar-refractivity contribution in [2.75, 3.05) is 24.5 Å². The molecule has 236 valence electrons. The topological polar surface area (TPSA) is 96.0 Å². The average molecular weight is 632 g/mol. The monoisotopic (exact) mass is 631 g/mol. The van der Waals surface area contributed by atoms with E-state index in [0.29, 0.717) is 12.3 Å². The number of ether oxygens (including phenoxy) is 1. The summed E-state index contributed by atoms with van der Waals surface area (Å²) in [6.07, 6.45) is 0.213. The van der Waals surface area contributed by atoms with E-state index in [9.17, 15) is 22.4 Å². The molecule has 0 unspecified atom stereocenters. The van der Waals surface area contributed by atoms with Crippen LogP contribution >= 0.6 is 0 Å². The minimum Gasteiger partial charge on any atom is -0.497 e. The standard InChI is InChI=1S/C35H38FN3O5S/c1-26(2)23-37-35(41)33(22-27-10-6-4-7-11-27)38(24-28-12-8-5-9-13-28)34(40)25-39(30-16-14-29(36)15-17-30)45(42,43)32-20-18-31(44-3)19-21-32/h4-21,26,33H,22-25H2,1-3H3,(H,37,41)/t33-/m0/s1. The number of rotatable bonds is 14. The lowest BCUT2D eigenvalue weighted by molar-refractivity contribution is -0.140. The fourth-order valence-corrected chi connectivity index (χ4v) is 6.18. The highest BCUT2D eigenvalue weighted by atomic mass is 32.2. The number of anilines is 1. The molecule has 0 aromatic heterocycles. The minimum absolute atomic E-state index is 0.0616. The van der Waals surface area contributed by atoms with E-state index in [1.807, 2.05) is 74.5 Å². The van der Waals surface area contributed by atoms with E-state index in [-0.39, 0.29) is 35.4 Å². The number of carbonyl (C=O) groups excluding carboxylic acids is 2. The van der Waals surface area contributed by atoms with Crippen molar-refractivity contribution in [2.45, 2.75) is 37.8 Å². The van der Waals surface area contributed by atoms with Gasteiger partial charge in [-0.3, -0.25) is 13.9 Å². The molecule has 0 spiro atoms. The van der Waals surface area contributed by atoms with E-state index in [1.54, 1.807) is 0 Å². The van der Waals surface area contributed by atoms with E-state index in [0.717, 1.165) is 27.6 Å². The van der Waals surface area contributed by atoms with Crippen LogP contribution in [0.2, 0.25) is 0 Å². The Bertz CT molecular complexity index is 1650. The SMILES string of the molecule is COc1ccc(S(=O)(=O)N(CC(=O)N(Cc2ccccc2)[C@@H](Cc2ccccc2)C(=O)NCC(C)C)c2ccc(F)cc2)cc1. The molecule has 2 amide bonds. The van der Waals surface area contributed by atoms with E-state index >= 15 is 0 Å². The van der Waals surface area contributed by atoms with Gasteiger partial charge in [-0.15, -0.1) is 0 Å². The molecule has 8 nitrogen and oxygen atoms in total. The molecule has 1 atom stereocenters. The van der Waals surface area contributed by atoms with Crippen molar-refractivity contribution in [1.82, 2.24) is 10.2 Å². The van der Waals surface area contributed by atoms with Crippen LogP contribution in [0.4, 0.5) is 10.1 Å². The van der Waals surface area contributed by atoms with Crippen molar-refractivity contribution in [3.8, 4) is 5.75 Å². The number of methoxy groups -OCH3 is 1. The maximum Gasteiger partial charge on any atom is 0.264 e. The second-order valence-corrected chi connectivity index (χ2v) is 12.9. The van der Waals surface area contributed by atoms with Gasteiger partial charge in [0.2, 0.25) is 11.8 Å². The lowest BCUT2D eigenvalue weighted by Gasteiger charge is -2.34. The zero-order chi connectivity index (χ0) is 32.4. The van der Waals surface area contributed by atoms with Crippen LogP contribution in [0.1, 0.15) is 25.0 Å². The van der Waals surface area contributed by atoms with Gasteiger partial charge in [0.15, 0.2) is 0 Å². The van der Waals surface area contributed by atoms with E-state index in [4.69, 9.17) is 4.74 Å². The van der Waals surface area contributed by atoms with Crippen molar-refractivity contribution >= 4 is 27.5 Å². The maximum absolute atomic E-state index is 14.4. The Labute approximate surface area is 264 Å². The summed E-state index contributed by atoms with van der Waals surface area (Å²) in [6, 6.07) is 28.3. The maximum atomic E-state index is 14.4. The number of carbonyl (C=O) groups is 2. The highest BCUT2D eigenvalue weighted by Crippen LogP contribution is 2.26. The van der Waals surface area contributed by atoms with E-state index < -0.39 is 34.3 Å². The first-order chi connectivity index (χ1) is 21.6. The predicted molar refractivity (Wildman–Crippen MR) is 173 cm³/mol. The van der Waals surface area contributed by atoms with Crippen LogP contribution in [0.5, 0.6) is 5.75 Å². The van der Waals surface area contributed by atoms with Crippen LogP contribution in [0, 0.1) is 11.7 Å². The lowest BCUT2D eigenvalue weighted by atomic mass is 10.0. The van der Waals surface area contributed by atoms with Crippen LogP contribution in [0.25, 0.3) is 0 Å². The van der Waals surface area contributed by atoms with Gasteiger partial charge >= 0.3 is 0 Å². The van der Waals surface area contributed by atoms with Gasteiger partial charge in [-0.25, -0.2) is 12.8 Å². The molecule has 10 heteroatoms. The van der Waals surface area contributed by atoms with Crippen LogP contribution in [0.3, 0.4) is 0 Å². The molecule has 45 heavy (non-hydrogen) atoms. The van der Waals surface area contributed by atoms with Crippen molar-refractivity contribution < 1.29 is 27.1 Å². The normalized spacial score (nSPS) is 11.9. The largest absolute Gasteiger partial charge is 0.497 e. The Balaban J connectivity index is 1.78. The first-order valence-corrected chi connectivity index (χ1v) is 16.1. The molecule has 0 aliphatic rings. The molecule has 4 rings (SSSR count). The average Bonchev–Trinajstić information content (AvgIpc) is 3.05. The summed E-state index contributed by atoms with van der Waals surface area (Å²) in [4.78, 5) is 29.5. The Hall–Kier alpha value is -4.70. The van der Waals surface area contributed by atoms with Crippen LogP contribution in [-0.4, -0.2) is 51.4 Å². The number of nitrogens with zero attached hydrogens (tertiary/aromatic N) is 2. The zero-order valence-electron chi connectivity index (χ0n) is 25.6. The molecule has 0 saturated heterocycles. The molecule has 0 saturated carbocycles. The van der Waals surface area contributed by atoms with Gasteiger partial charge in [0, 0.05) is 19.5 Å². The molecule has 0 radical (unpaired) electrons. The Kier molecular flexibility index (Phi) is 11.3. The summed E-state index contributed by atoms with van der Waals surface area (Å²) >= 11 is 0. The van der Waals surface area contributed by atoms with Crippen molar-refractivity contribution in [3.63, 3.8) is 0 Å². The first kappa shape index (κ1) is 33.2. The summed E-state index contributed by atoms with van der Waals surface area (Å²) in [7, 11) is -2.84. The fourth-order valence-electron chi connectivity index (χ4n) is 4.77. The Morgan fingerprint density at radius 1 is 0.822 bits per heavy atom. The second kappa shape index (κ2) is 15.3. The molecule has 0 aliphatic heterocycles. The molecule has 0 aliphatic carbocycles. The number of sulfonamides is 1. The molecule has 0 bridgehead atoms. The molecule has 4 aromatic rings. The summed E-state index contributed by atoms with van der Waals surface area (Å²) in [5.74, 6) is -0.858. The third-order valence-corrected chi connectivity index (χ3v) is 8.98. The van der Waals surface area contributed by atoms with Crippen LogP contribution < -0.4 is 14.4 Å². The highest BCUT2D eigenvalue weighted by Gasteiger charge is 2.34. The smallest absolute Gasteiger partial charge is 0.264 e. The van der Waals surface area contributed by atoms with Crippen LogP contribution in [0.15, 0.2) is 114 Å². The van der Waals surface area contributed by atoms with E-state index in [2.05, 4.69) is 5.32 Å². The first-order valence-electron chi connectivity index (χ1n) is 14.7. The summed E-state index contributed by atoms with van der Waals surface area (Å²) in [5.41, 5.74) is 1.71. The predicted octanol–water partition coefficient (Wildman–Crippen LogP) is 5.44. The third kappa shape index (κ3) is 8.92. The van der Waals surface area contributed by atoms with Crippen molar-refractivity contribution in [2.24, 2.45) is 5.92 Å². The Morgan fingerprint density at radius 3 is 1.96 bits per heavy atom. The number of hydrogen-bond donors (Lipinski definition) is 1. The number of amides is 2. The number of halogens is 1. The van der Waals surface area contributed by atoms with Gasteiger partial charge in [-0.1, -0.05) is 74.5 Å². The molecular weight excluding hydrogens is 593 g/mol. The summed E-state index contributed by atoms with van der Waals surface area (Å²) in [5, 5.41) is 2.96. The minimum atomic E-state index is -4.31. The Morgan fingerprint density at radius 2 is 1.40 bits per heavy atom. The van der Waals surface area contributed by atoms with Gasteiger partial charge in [-0.2, -0.15) is 0 Å². The van der Waals surface area contributed by atoms with Gasteiger partial charge in [0.05, 0.1) is 17.7 Å². The summed E-state index contributed by atoms with van der Waals surface area (Å²) in [6.45, 7) is 3.79. The van der Waals surface area contributed by atoms with Gasteiger partial charge in [-0.05, 0) is 65.6 Å². The lowest BCUT2D eigenvalue weighted by Crippen LogP contribution is -2.53. The van der Waals surface area contributed by atoms with Crippen LogP contribution in [-0.2, 0) is 32.6 Å². The van der Waals surface area contributed by atoms with Gasteiger partial charge in [0.25, 0.3) is 10.0 Å². The quantitative estimate of drug-likeness (QED) is 0.200. The van der Waals surface area contributed by atoms with Gasteiger partial charge in [0.1, 0.15) is 24.2 Å². The number of benzene rings is 4. The summed E-state index contributed by atoms with van der Waals surface area (Å²) < 4.78 is 48.1. The van der Waals surface area contributed by atoms with Crippen molar-refractivity contribution in [1.29, 1.82) is 0 Å². The molecule has 4 aromatic carbocycles. The number of hydrogen-bond acceptors (Lipinski definition) is 5. The molecule has 0 heterocycles. The second-order valence-electron chi connectivity index (χ2n) is 11.0. The number of nitrogens with one attached hydrogen (secondary N) is 1. The fraction of sp³-hybridized carbons (Fsp3) is 0.257.